The smallest absolute Gasteiger partial charge is 0.317 e. The fourth-order valence-electron chi connectivity index (χ4n) is 1.76. The zero-order chi connectivity index (χ0) is 13.5. The van der Waals surface area contributed by atoms with Crippen LogP contribution in [0.2, 0.25) is 0 Å². The van der Waals surface area contributed by atoms with Crippen molar-refractivity contribution in [2.45, 2.75) is 13.0 Å². The van der Waals surface area contributed by atoms with Gasteiger partial charge in [-0.2, -0.15) is 0 Å². The topological polar surface area (TPSA) is 70.0 Å². The molecule has 0 bridgehead atoms. The van der Waals surface area contributed by atoms with Crippen LogP contribution in [0.5, 0.6) is 5.75 Å². The second kappa shape index (κ2) is 6.98. The van der Waals surface area contributed by atoms with Gasteiger partial charge in [0.25, 0.3) is 0 Å². The molecule has 1 atom stereocenters. The van der Waals surface area contributed by atoms with Gasteiger partial charge in [-0.25, -0.2) is 0 Å². The van der Waals surface area contributed by atoms with Crippen LogP contribution in [0.25, 0.3) is 0 Å². The molecule has 1 aromatic carbocycles. The summed E-state index contributed by atoms with van der Waals surface area (Å²) >= 11 is 0. The number of hydrogen-bond donors (Lipinski definition) is 2. The molecule has 0 saturated heterocycles. The number of nitrogens with zero attached hydrogens (tertiary/aromatic N) is 1. The molecular formula is C13H19NO4. The van der Waals surface area contributed by atoms with E-state index in [1.54, 1.807) is 31.4 Å². The van der Waals surface area contributed by atoms with Gasteiger partial charge in [-0.3, -0.25) is 9.69 Å². The second-order valence-electron chi connectivity index (χ2n) is 4.12. The standard InChI is InChI=1S/C13H19NO4/c1-10(11-3-5-12(15)6-4-11)14(7-8-18-2)9-13(16)17/h3-6,10,15H,7-9H2,1-2H3,(H,16,17). The molecular weight excluding hydrogens is 234 g/mol. The highest BCUT2D eigenvalue weighted by molar-refractivity contribution is 5.69. The summed E-state index contributed by atoms with van der Waals surface area (Å²) in [6.07, 6.45) is 0. The number of phenols is 1. The highest BCUT2D eigenvalue weighted by Gasteiger charge is 2.18. The van der Waals surface area contributed by atoms with E-state index in [-0.39, 0.29) is 18.3 Å². The van der Waals surface area contributed by atoms with Crippen molar-refractivity contribution in [1.82, 2.24) is 4.90 Å². The van der Waals surface area contributed by atoms with E-state index in [4.69, 9.17) is 9.84 Å². The van der Waals surface area contributed by atoms with E-state index in [1.165, 1.54) is 0 Å². The van der Waals surface area contributed by atoms with Gasteiger partial charge in [-0.1, -0.05) is 12.1 Å². The highest BCUT2D eigenvalue weighted by Crippen LogP contribution is 2.21. The van der Waals surface area contributed by atoms with Crippen molar-refractivity contribution in [2.24, 2.45) is 0 Å². The average molecular weight is 253 g/mol. The number of carbonyl (C=O) groups is 1. The van der Waals surface area contributed by atoms with Gasteiger partial charge in [0.15, 0.2) is 0 Å². The molecule has 18 heavy (non-hydrogen) atoms. The fraction of sp³-hybridized carbons (Fsp3) is 0.462. The lowest BCUT2D eigenvalue weighted by Crippen LogP contribution is -2.34. The number of rotatable bonds is 7. The van der Waals surface area contributed by atoms with Gasteiger partial charge in [0.2, 0.25) is 0 Å². The third-order valence-corrected chi connectivity index (χ3v) is 2.84. The van der Waals surface area contributed by atoms with Crippen molar-refractivity contribution < 1.29 is 19.7 Å². The van der Waals surface area contributed by atoms with Crippen molar-refractivity contribution >= 4 is 5.97 Å². The summed E-state index contributed by atoms with van der Waals surface area (Å²) in [5, 5.41) is 18.1. The number of benzene rings is 1. The minimum atomic E-state index is -0.864. The number of aromatic hydroxyl groups is 1. The normalized spacial score (nSPS) is 12.6. The summed E-state index contributed by atoms with van der Waals surface area (Å²) in [5.41, 5.74) is 0.963. The van der Waals surface area contributed by atoms with Gasteiger partial charge in [0, 0.05) is 19.7 Å². The molecule has 0 spiro atoms. The van der Waals surface area contributed by atoms with Crippen LogP contribution in [0.4, 0.5) is 0 Å². The van der Waals surface area contributed by atoms with Gasteiger partial charge in [0.05, 0.1) is 13.2 Å². The first-order valence-electron chi connectivity index (χ1n) is 5.78. The summed E-state index contributed by atoms with van der Waals surface area (Å²) in [6, 6.07) is 6.74. The quantitative estimate of drug-likeness (QED) is 0.770. The maximum Gasteiger partial charge on any atom is 0.317 e. The van der Waals surface area contributed by atoms with Crippen LogP contribution in [0.3, 0.4) is 0 Å². The van der Waals surface area contributed by atoms with Crippen molar-refractivity contribution in [3.8, 4) is 5.75 Å². The Balaban J connectivity index is 2.76. The molecule has 5 nitrogen and oxygen atoms in total. The van der Waals surface area contributed by atoms with Gasteiger partial charge >= 0.3 is 5.97 Å². The number of carboxylic acids is 1. The molecule has 100 valence electrons. The van der Waals surface area contributed by atoms with E-state index in [2.05, 4.69) is 0 Å². The first-order chi connectivity index (χ1) is 8.54. The number of ether oxygens (including phenoxy) is 1. The van der Waals surface area contributed by atoms with Gasteiger partial charge < -0.3 is 14.9 Å². The Morgan fingerprint density at radius 3 is 2.50 bits per heavy atom. The van der Waals surface area contributed by atoms with Gasteiger partial charge in [0.1, 0.15) is 5.75 Å². The Morgan fingerprint density at radius 1 is 1.39 bits per heavy atom. The number of methoxy groups -OCH3 is 1. The molecule has 0 fully saturated rings. The fourth-order valence-corrected chi connectivity index (χ4v) is 1.76. The Bertz CT molecular complexity index is 377. The zero-order valence-electron chi connectivity index (χ0n) is 10.7. The molecule has 1 unspecified atom stereocenters. The molecule has 0 radical (unpaired) electrons. The molecule has 0 aliphatic heterocycles. The van der Waals surface area contributed by atoms with E-state index in [0.29, 0.717) is 13.2 Å². The number of carboxylic acid groups (broad SMARTS) is 1. The highest BCUT2D eigenvalue weighted by atomic mass is 16.5. The molecule has 2 N–H and O–H groups in total. The summed E-state index contributed by atoms with van der Waals surface area (Å²) in [6.45, 7) is 2.93. The maximum absolute atomic E-state index is 10.8. The van der Waals surface area contributed by atoms with Crippen molar-refractivity contribution in [1.29, 1.82) is 0 Å². The summed E-state index contributed by atoms with van der Waals surface area (Å²) in [5.74, 6) is -0.663. The number of aliphatic carboxylic acids is 1. The molecule has 0 saturated carbocycles. The van der Waals surface area contributed by atoms with Crippen LogP contribution in [-0.2, 0) is 9.53 Å². The summed E-state index contributed by atoms with van der Waals surface area (Å²) in [7, 11) is 1.59. The average Bonchev–Trinajstić information content (AvgIpc) is 2.34. The lowest BCUT2D eigenvalue weighted by Gasteiger charge is -2.27. The maximum atomic E-state index is 10.8. The predicted molar refractivity (Wildman–Crippen MR) is 67.6 cm³/mol. The van der Waals surface area contributed by atoms with Crippen LogP contribution < -0.4 is 0 Å². The molecule has 0 aliphatic rings. The molecule has 1 aromatic rings. The molecule has 0 heterocycles. The lowest BCUT2D eigenvalue weighted by atomic mass is 10.1. The Hall–Kier alpha value is -1.59. The van der Waals surface area contributed by atoms with Crippen LogP contribution in [-0.4, -0.2) is 47.9 Å². The van der Waals surface area contributed by atoms with Crippen LogP contribution in [0.15, 0.2) is 24.3 Å². The molecule has 0 aromatic heterocycles. The lowest BCUT2D eigenvalue weighted by molar-refractivity contribution is -0.139. The third-order valence-electron chi connectivity index (χ3n) is 2.84. The monoisotopic (exact) mass is 253 g/mol. The van der Waals surface area contributed by atoms with E-state index in [1.807, 2.05) is 11.8 Å². The molecule has 0 aliphatic carbocycles. The number of phenolic OH excluding ortho intramolecular Hbond substituents is 1. The first-order valence-corrected chi connectivity index (χ1v) is 5.78. The molecule has 0 amide bonds. The van der Waals surface area contributed by atoms with Crippen LogP contribution in [0, 0.1) is 0 Å². The predicted octanol–water partition coefficient (Wildman–Crippen LogP) is 1.49. The summed E-state index contributed by atoms with van der Waals surface area (Å²) < 4.78 is 4.98. The first kappa shape index (κ1) is 14.5. The van der Waals surface area contributed by atoms with Crippen LogP contribution in [0.1, 0.15) is 18.5 Å². The van der Waals surface area contributed by atoms with Crippen LogP contribution >= 0.6 is 0 Å². The Labute approximate surface area is 107 Å². The van der Waals surface area contributed by atoms with Crippen molar-refractivity contribution in [3.05, 3.63) is 29.8 Å². The largest absolute Gasteiger partial charge is 0.508 e. The third kappa shape index (κ3) is 4.35. The summed E-state index contributed by atoms with van der Waals surface area (Å²) in [4.78, 5) is 12.7. The Morgan fingerprint density at radius 2 is 2.00 bits per heavy atom. The van der Waals surface area contributed by atoms with E-state index in [0.717, 1.165) is 5.56 Å². The minimum absolute atomic E-state index is 0.0363. The zero-order valence-corrected chi connectivity index (χ0v) is 10.7. The van der Waals surface area contributed by atoms with E-state index >= 15 is 0 Å². The van der Waals surface area contributed by atoms with Crippen molar-refractivity contribution in [3.63, 3.8) is 0 Å². The van der Waals surface area contributed by atoms with E-state index in [9.17, 15) is 9.90 Å². The van der Waals surface area contributed by atoms with Gasteiger partial charge in [-0.15, -0.1) is 0 Å². The van der Waals surface area contributed by atoms with Gasteiger partial charge in [-0.05, 0) is 24.6 Å². The minimum Gasteiger partial charge on any atom is -0.508 e. The molecule has 5 heteroatoms. The SMILES string of the molecule is COCCN(CC(=O)O)C(C)c1ccc(O)cc1. The Kier molecular flexibility index (Phi) is 5.61. The molecule has 1 rings (SSSR count). The van der Waals surface area contributed by atoms with Crippen molar-refractivity contribution in [2.75, 3.05) is 26.8 Å². The second-order valence-corrected chi connectivity index (χ2v) is 4.12. The number of hydrogen-bond acceptors (Lipinski definition) is 4. The van der Waals surface area contributed by atoms with E-state index < -0.39 is 5.97 Å².